The van der Waals surface area contributed by atoms with Crippen molar-refractivity contribution in [1.82, 2.24) is 0 Å². The zero-order chi connectivity index (χ0) is 39.9. The Labute approximate surface area is 331 Å². The fraction of sp³-hybridized carbons (Fsp3) is 1.00. The van der Waals surface area contributed by atoms with Crippen LogP contribution in [0.5, 0.6) is 0 Å². The molecule has 0 radical (unpaired) electrons. The molecule has 1 aliphatic rings. The van der Waals surface area contributed by atoms with Crippen molar-refractivity contribution in [2.45, 2.75) is 224 Å². The Morgan fingerprint density at radius 3 is 1.11 bits per heavy atom. The molecular formula is C42H84O10S2. The molecule has 324 valence electrons. The van der Waals surface area contributed by atoms with Gasteiger partial charge < -0.3 is 29.9 Å². The Morgan fingerprint density at radius 1 is 0.481 bits per heavy atom. The lowest BCUT2D eigenvalue weighted by Crippen LogP contribution is -2.59. The standard InChI is InChI=1S/C42H84O10S2/c1-3-5-7-9-11-13-15-17-19-21-23-25-27-29-31-53(47,48)35-37(34-51-42-41(46)40(45)39(44)38(33-43)52-42)36-54(49,50)32-30-28-26-24-22-20-18-16-14-12-10-8-6-4-2/h37-46H,3-36H2,1-2H3/t38-,39-,40+,41-,42-/m1/s1. The van der Waals surface area contributed by atoms with E-state index in [9.17, 15) is 37.3 Å². The molecule has 1 fully saturated rings. The molecule has 12 heteroatoms. The Kier molecular flexibility index (Phi) is 31.2. The van der Waals surface area contributed by atoms with Gasteiger partial charge in [0, 0.05) is 5.92 Å². The lowest BCUT2D eigenvalue weighted by molar-refractivity contribution is -0.302. The van der Waals surface area contributed by atoms with E-state index in [2.05, 4.69) is 13.8 Å². The summed E-state index contributed by atoms with van der Waals surface area (Å²) < 4.78 is 64.0. The SMILES string of the molecule is CCCCCCCCCCCCCCCCS(=O)(=O)CC(CO[C@@H]1O[C@H](CO)[C@@H](O)[C@H](O)[C@H]1O)CS(=O)(=O)CCCCCCCCCCCCCCCC. The highest BCUT2D eigenvalue weighted by Crippen LogP contribution is 2.24. The second-order valence-electron chi connectivity index (χ2n) is 16.3. The van der Waals surface area contributed by atoms with E-state index in [1.54, 1.807) is 0 Å². The first-order valence-electron chi connectivity index (χ1n) is 22.3. The minimum atomic E-state index is -3.60. The van der Waals surface area contributed by atoms with Gasteiger partial charge in [0.2, 0.25) is 0 Å². The topological polar surface area (TPSA) is 168 Å². The second-order valence-corrected chi connectivity index (χ2v) is 20.8. The van der Waals surface area contributed by atoms with Crippen LogP contribution in [0.1, 0.15) is 194 Å². The zero-order valence-corrected chi connectivity index (χ0v) is 36.2. The van der Waals surface area contributed by atoms with Gasteiger partial charge in [0.05, 0.1) is 36.2 Å². The number of hydrogen-bond donors (Lipinski definition) is 4. The molecule has 0 aromatic carbocycles. The molecule has 5 atom stereocenters. The fourth-order valence-corrected chi connectivity index (χ4v) is 11.1. The Balaban J connectivity index is 2.49. The second kappa shape index (κ2) is 32.6. The lowest BCUT2D eigenvalue weighted by atomic mass is 9.99. The van der Waals surface area contributed by atoms with E-state index in [1.807, 2.05) is 0 Å². The summed E-state index contributed by atoms with van der Waals surface area (Å²) in [6.45, 7) is 3.51. The van der Waals surface area contributed by atoms with Gasteiger partial charge in [-0.25, -0.2) is 16.8 Å². The molecule has 1 saturated heterocycles. The minimum Gasteiger partial charge on any atom is -0.394 e. The molecule has 1 rings (SSSR count). The van der Waals surface area contributed by atoms with Gasteiger partial charge >= 0.3 is 0 Å². The molecule has 0 aromatic rings. The van der Waals surface area contributed by atoms with E-state index < -0.39 is 62.9 Å². The monoisotopic (exact) mass is 813 g/mol. The molecular weight excluding hydrogens is 729 g/mol. The van der Waals surface area contributed by atoms with Gasteiger partial charge in [-0.1, -0.05) is 181 Å². The number of aliphatic hydroxyl groups is 4. The molecule has 0 unspecified atom stereocenters. The maximum absolute atomic E-state index is 13.2. The van der Waals surface area contributed by atoms with E-state index in [-0.39, 0.29) is 29.6 Å². The summed E-state index contributed by atoms with van der Waals surface area (Å²) >= 11 is 0. The van der Waals surface area contributed by atoms with E-state index in [1.165, 1.54) is 116 Å². The van der Waals surface area contributed by atoms with Crippen molar-refractivity contribution in [2.24, 2.45) is 5.92 Å². The Hall–Kier alpha value is -0.340. The van der Waals surface area contributed by atoms with Gasteiger partial charge in [0.25, 0.3) is 0 Å². The van der Waals surface area contributed by atoms with Crippen molar-refractivity contribution >= 4 is 19.7 Å². The third-order valence-electron chi connectivity index (χ3n) is 10.9. The summed E-state index contributed by atoms with van der Waals surface area (Å²) in [5.74, 6) is -1.70. The zero-order valence-electron chi connectivity index (χ0n) is 34.6. The molecule has 1 heterocycles. The maximum Gasteiger partial charge on any atom is 0.186 e. The van der Waals surface area contributed by atoms with Gasteiger partial charge in [0.1, 0.15) is 24.4 Å². The summed E-state index contributed by atoms with van der Waals surface area (Å²) in [6, 6.07) is 0. The predicted octanol–water partition coefficient (Wildman–Crippen LogP) is 8.21. The van der Waals surface area contributed by atoms with Crippen LogP contribution in [0.4, 0.5) is 0 Å². The number of aliphatic hydroxyl groups excluding tert-OH is 4. The van der Waals surface area contributed by atoms with Crippen LogP contribution in [0.2, 0.25) is 0 Å². The van der Waals surface area contributed by atoms with Crippen LogP contribution >= 0.6 is 0 Å². The van der Waals surface area contributed by atoms with Crippen LogP contribution in [-0.4, -0.2) is 104 Å². The summed E-state index contributed by atoms with van der Waals surface area (Å²) in [7, 11) is -7.20. The van der Waals surface area contributed by atoms with Gasteiger partial charge in [-0.05, 0) is 12.8 Å². The Bertz CT molecular complexity index is 1000. The summed E-state index contributed by atoms with van der Waals surface area (Å²) in [5, 5.41) is 40.2. The van der Waals surface area contributed by atoms with Gasteiger partial charge in [-0.2, -0.15) is 0 Å². The number of ether oxygens (including phenoxy) is 2. The molecule has 54 heavy (non-hydrogen) atoms. The molecule has 0 bridgehead atoms. The molecule has 0 spiro atoms. The highest BCUT2D eigenvalue weighted by molar-refractivity contribution is 7.92. The average molecular weight is 813 g/mol. The number of hydrogen-bond acceptors (Lipinski definition) is 10. The summed E-state index contributed by atoms with van der Waals surface area (Å²) in [6.07, 6.45) is 25.1. The quantitative estimate of drug-likeness (QED) is 0.0446. The number of sulfone groups is 2. The normalized spacial score (nSPS) is 21.0. The molecule has 10 nitrogen and oxygen atoms in total. The van der Waals surface area contributed by atoms with E-state index in [4.69, 9.17) is 9.47 Å². The van der Waals surface area contributed by atoms with Crippen molar-refractivity contribution in [2.75, 3.05) is 36.2 Å². The fourth-order valence-electron chi connectivity index (χ4n) is 7.50. The first kappa shape index (κ1) is 51.7. The van der Waals surface area contributed by atoms with Crippen molar-refractivity contribution in [3.05, 3.63) is 0 Å². The number of unbranched alkanes of at least 4 members (excludes halogenated alkanes) is 26. The van der Waals surface area contributed by atoms with Crippen LogP contribution in [0.3, 0.4) is 0 Å². The lowest BCUT2D eigenvalue weighted by Gasteiger charge is -2.40. The minimum absolute atomic E-state index is 0.0272. The third-order valence-corrected chi connectivity index (χ3v) is 14.7. The van der Waals surface area contributed by atoms with Crippen LogP contribution in [0, 0.1) is 5.92 Å². The smallest absolute Gasteiger partial charge is 0.186 e. The molecule has 0 amide bonds. The Morgan fingerprint density at radius 2 is 0.796 bits per heavy atom. The molecule has 0 aliphatic carbocycles. The highest BCUT2D eigenvalue weighted by Gasteiger charge is 2.44. The first-order valence-corrected chi connectivity index (χ1v) is 25.9. The number of rotatable bonds is 38. The van der Waals surface area contributed by atoms with Crippen LogP contribution in [0.15, 0.2) is 0 Å². The molecule has 0 aromatic heterocycles. The molecule has 1 aliphatic heterocycles. The van der Waals surface area contributed by atoms with Crippen LogP contribution in [-0.2, 0) is 29.1 Å². The van der Waals surface area contributed by atoms with E-state index >= 15 is 0 Å². The van der Waals surface area contributed by atoms with Gasteiger partial charge in [0.15, 0.2) is 26.0 Å². The van der Waals surface area contributed by atoms with Gasteiger partial charge in [-0.3, -0.25) is 0 Å². The van der Waals surface area contributed by atoms with E-state index in [0.717, 1.165) is 51.4 Å². The van der Waals surface area contributed by atoms with Crippen molar-refractivity contribution < 1.29 is 46.7 Å². The van der Waals surface area contributed by atoms with Crippen LogP contribution < -0.4 is 0 Å². The maximum atomic E-state index is 13.2. The molecule has 4 N–H and O–H groups in total. The largest absolute Gasteiger partial charge is 0.394 e. The van der Waals surface area contributed by atoms with Crippen LogP contribution in [0.25, 0.3) is 0 Å². The first-order chi connectivity index (χ1) is 26.0. The summed E-state index contributed by atoms with van der Waals surface area (Å²) in [5.41, 5.74) is 0. The van der Waals surface area contributed by atoms with Crippen molar-refractivity contribution in [1.29, 1.82) is 0 Å². The van der Waals surface area contributed by atoms with E-state index in [0.29, 0.717) is 12.8 Å². The van der Waals surface area contributed by atoms with Crippen molar-refractivity contribution in [3.63, 3.8) is 0 Å². The molecule has 0 saturated carbocycles. The third kappa shape index (κ3) is 26.6. The summed E-state index contributed by atoms with van der Waals surface area (Å²) in [4.78, 5) is 0. The highest BCUT2D eigenvalue weighted by atomic mass is 32.2. The van der Waals surface area contributed by atoms with Gasteiger partial charge in [-0.15, -0.1) is 0 Å². The average Bonchev–Trinajstić information content (AvgIpc) is 3.13. The van der Waals surface area contributed by atoms with Crippen molar-refractivity contribution in [3.8, 4) is 0 Å². The predicted molar refractivity (Wildman–Crippen MR) is 221 cm³/mol.